The predicted octanol–water partition coefficient (Wildman–Crippen LogP) is 4.00. The Morgan fingerprint density at radius 3 is 2.79 bits per heavy atom. The number of aryl methyl sites for hydroxylation is 1. The lowest BCUT2D eigenvalue weighted by atomic mass is 10.0. The van der Waals surface area contributed by atoms with E-state index in [-0.39, 0.29) is 11.9 Å². The molecule has 0 unspecified atom stereocenters. The van der Waals surface area contributed by atoms with E-state index in [1.54, 1.807) is 7.11 Å². The summed E-state index contributed by atoms with van der Waals surface area (Å²) in [5.41, 5.74) is 4.82. The van der Waals surface area contributed by atoms with E-state index in [0.29, 0.717) is 24.3 Å². The molecule has 1 saturated carbocycles. The zero-order chi connectivity index (χ0) is 23.2. The van der Waals surface area contributed by atoms with E-state index < -0.39 is 0 Å². The van der Waals surface area contributed by atoms with Crippen LogP contribution in [0.15, 0.2) is 67.0 Å². The number of amides is 1. The van der Waals surface area contributed by atoms with Crippen LogP contribution in [0.25, 0.3) is 16.9 Å². The number of rotatable bonds is 6. The van der Waals surface area contributed by atoms with E-state index >= 15 is 0 Å². The van der Waals surface area contributed by atoms with Gasteiger partial charge in [-0.1, -0.05) is 18.2 Å². The summed E-state index contributed by atoms with van der Waals surface area (Å²) in [6, 6.07) is 18.3. The van der Waals surface area contributed by atoms with Crippen LogP contribution in [0.1, 0.15) is 24.0 Å². The lowest BCUT2D eigenvalue weighted by Crippen LogP contribution is -2.45. The highest BCUT2D eigenvalue weighted by Crippen LogP contribution is 2.41. The van der Waals surface area contributed by atoms with Crippen molar-refractivity contribution in [1.29, 1.82) is 0 Å². The quantitative estimate of drug-likeness (QED) is 0.478. The molecule has 34 heavy (non-hydrogen) atoms. The zero-order valence-corrected chi connectivity index (χ0v) is 19.3. The molecule has 1 aliphatic heterocycles. The van der Waals surface area contributed by atoms with Crippen LogP contribution in [-0.2, 0) is 11.3 Å². The van der Waals surface area contributed by atoms with Crippen molar-refractivity contribution >= 4 is 17.1 Å². The number of hydrogen-bond acceptors (Lipinski definition) is 5. The van der Waals surface area contributed by atoms with Gasteiger partial charge in [-0.3, -0.25) is 4.79 Å². The number of carbonyl (C=O) groups is 1. The average molecular weight is 454 g/mol. The number of carbonyl (C=O) groups excluding carboxylic acids is 1. The van der Waals surface area contributed by atoms with Gasteiger partial charge in [0.15, 0.2) is 5.82 Å². The molecular formula is C27H27N5O2. The lowest BCUT2D eigenvalue weighted by Gasteiger charge is -2.27. The Balaban J connectivity index is 1.37. The summed E-state index contributed by atoms with van der Waals surface area (Å²) >= 11 is 0. The minimum absolute atomic E-state index is 0.111. The third-order valence-electron chi connectivity index (χ3n) is 6.99. The molecule has 0 bridgehead atoms. The second-order valence-corrected chi connectivity index (χ2v) is 9.29. The van der Waals surface area contributed by atoms with Crippen LogP contribution in [0.4, 0.5) is 5.69 Å². The van der Waals surface area contributed by atoms with Gasteiger partial charge in [0.1, 0.15) is 5.75 Å². The second kappa shape index (κ2) is 8.25. The minimum atomic E-state index is -0.140. The number of benzene rings is 2. The normalized spacial score (nSPS) is 20.8. The van der Waals surface area contributed by atoms with E-state index in [1.165, 1.54) is 6.42 Å². The molecule has 1 amide bonds. The van der Waals surface area contributed by atoms with Gasteiger partial charge in [0.2, 0.25) is 5.91 Å². The Kier molecular flexibility index (Phi) is 5.07. The van der Waals surface area contributed by atoms with Crippen molar-refractivity contribution < 1.29 is 9.53 Å². The fourth-order valence-electron chi connectivity index (χ4n) is 4.89. The van der Waals surface area contributed by atoms with Crippen LogP contribution in [0.5, 0.6) is 5.75 Å². The maximum absolute atomic E-state index is 13.7. The number of fused-ring (bicyclic) bond motifs is 2. The van der Waals surface area contributed by atoms with Crippen molar-refractivity contribution in [3.63, 3.8) is 0 Å². The Bertz CT molecular complexity index is 1350. The molecule has 1 N–H and O–H groups in total. The number of methoxy groups -OCH3 is 1. The summed E-state index contributed by atoms with van der Waals surface area (Å²) < 4.78 is 7.12. The number of anilines is 1. The van der Waals surface area contributed by atoms with Crippen molar-refractivity contribution in [2.45, 2.75) is 38.4 Å². The molecule has 6 rings (SSSR count). The number of piperidine rings is 1. The van der Waals surface area contributed by atoms with E-state index in [0.717, 1.165) is 40.1 Å². The Labute approximate surface area is 198 Å². The molecule has 2 aromatic carbocycles. The van der Waals surface area contributed by atoms with Crippen molar-refractivity contribution in [2.75, 3.05) is 12.0 Å². The van der Waals surface area contributed by atoms with Gasteiger partial charge in [0, 0.05) is 23.5 Å². The highest BCUT2D eigenvalue weighted by atomic mass is 16.5. The Hall–Kier alpha value is -3.71. The highest BCUT2D eigenvalue weighted by Gasteiger charge is 2.48. The van der Waals surface area contributed by atoms with Crippen molar-refractivity contribution in [3.05, 3.63) is 78.1 Å². The first-order valence-electron chi connectivity index (χ1n) is 11.7. The third kappa shape index (κ3) is 3.82. The summed E-state index contributed by atoms with van der Waals surface area (Å²) in [6.07, 6.45) is 5.84. The number of hydrogen-bond donors (Lipinski definition) is 1. The second-order valence-electron chi connectivity index (χ2n) is 9.29. The van der Waals surface area contributed by atoms with Crippen molar-refractivity contribution in [2.24, 2.45) is 5.92 Å². The first-order valence-corrected chi connectivity index (χ1v) is 11.7. The maximum atomic E-state index is 13.7. The number of ether oxygens (including phenoxy) is 1. The number of aromatic nitrogens is 3. The maximum Gasteiger partial charge on any atom is 0.244 e. The van der Waals surface area contributed by atoms with Crippen LogP contribution in [0.3, 0.4) is 0 Å². The minimum Gasteiger partial charge on any atom is -0.497 e. The molecule has 1 aliphatic carbocycles. The highest BCUT2D eigenvalue weighted by molar-refractivity contribution is 5.98. The molecule has 2 aromatic heterocycles. The molecule has 3 heterocycles. The molecule has 1 saturated heterocycles. The van der Waals surface area contributed by atoms with Gasteiger partial charge in [0.05, 0.1) is 31.4 Å². The monoisotopic (exact) mass is 453 g/mol. The fraction of sp³-hybridized carbons (Fsp3) is 0.296. The summed E-state index contributed by atoms with van der Waals surface area (Å²) in [4.78, 5) is 20.2. The van der Waals surface area contributed by atoms with E-state index in [4.69, 9.17) is 4.74 Å². The van der Waals surface area contributed by atoms with Gasteiger partial charge >= 0.3 is 0 Å². The molecule has 0 spiro atoms. The van der Waals surface area contributed by atoms with Crippen LogP contribution in [0, 0.1) is 12.8 Å². The van der Waals surface area contributed by atoms with Gasteiger partial charge in [-0.2, -0.15) is 0 Å². The van der Waals surface area contributed by atoms with E-state index in [1.807, 2.05) is 83.3 Å². The molecule has 7 nitrogen and oxygen atoms in total. The summed E-state index contributed by atoms with van der Waals surface area (Å²) in [5.74, 6) is 2.20. The molecule has 7 heteroatoms. The van der Waals surface area contributed by atoms with Crippen molar-refractivity contribution in [3.8, 4) is 17.1 Å². The van der Waals surface area contributed by atoms with Crippen LogP contribution < -0.4 is 15.0 Å². The van der Waals surface area contributed by atoms with Gasteiger partial charge in [-0.05, 0) is 73.2 Å². The molecule has 2 fully saturated rings. The summed E-state index contributed by atoms with van der Waals surface area (Å²) in [6.45, 7) is 2.53. The summed E-state index contributed by atoms with van der Waals surface area (Å²) in [5, 5.41) is 8.20. The van der Waals surface area contributed by atoms with Gasteiger partial charge < -0.3 is 15.0 Å². The molecule has 2 aliphatic rings. The topological polar surface area (TPSA) is 71.8 Å². The first-order chi connectivity index (χ1) is 16.6. The van der Waals surface area contributed by atoms with Crippen molar-refractivity contribution in [1.82, 2.24) is 19.9 Å². The number of nitrogens with zero attached hydrogens (tertiary/aromatic N) is 4. The van der Waals surface area contributed by atoms with Gasteiger partial charge in [-0.15, -0.1) is 5.10 Å². The zero-order valence-electron chi connectivity index (χ0n) is 19.3. The van der Waals surface area contributed by atoms with E-state index in [2.05, 4.69) is 15.4 Å². The molecule has 3 atom stereocenters. The smallest absolute Gasteiger partial charge is 0.244 e. The largest absolute Gasteiger partial charge is 0.497 e. The molecule has 172 valence electrons. The first kappa shape index (κ1) is 20.9. The van der Waals surface area contributed by atoms with Crippen LogP contribution in [-0.4, -0.2) is 39.7 Å². The SMILES string of the molecule is COc1ccc(CN(C(=O)[C@H]2C[C@H]3C[C@H]3N2)c2ccc(C)c(-c3ncc4cccn4n3)c2)cc1. The Morgan fingerprint density at radius 2 is 2.03 bits per heavy atom. The average Bonchev–Trinajstić information content (AvgIpc) is 3.24. The van der Waals surface area contributed by atoms with Crippen LogP contribution >= 0.6 is 0 Å². The lowest BCUT2D eigenvalue weighted by molar-refractivity contribution is -0.120. The van der Waals surface area contributed by atoms with Gasteiger partial charge in [-0.25, -0.2) is 9.50 Å². The standard InChI is InChI=1S/C27H27N5O2/c1-17-5-8-20(14-23(17)26-28-15-21-4-3-11-32(21)30-26)31(16-18-6-9-22(34-2)10-7-18)27(33)25-13-19-12-24(19)29-25/h3-11,14-15,19,24-25,29H,12-13,16H2,1-2H3/t19-,24-,25-/m1/s1. The predicted molar refractivity (Wildman–Crippen MR) is 131 cm³/mol. The molecule has 0 radical (unpaired) electrons. The summed E-state index contributed by atoms with van der Waals surface area (Å²) in [7, 11) is 1.66. The van der Waals surface area contributed by atoms with Crippen LogP contribution in [0.2, 0.25) is 0 Å². The van der Waals surface area contributed by atoms with Gasteiger partial charge in [0.25, 0.3) is 0 Å². The van der Waals surface area contributed by atoms with E-state index in [9.17, 15) is 4.79 Å². The Morgan fingerprint density at radius 1 is 1.18 bits per heavy atom. The third-order valence-corrected chi connectivity index (χ3v) is 6.99. The molecule has 4 aromatic rings. The number of nitrogens with one attached hydrogen (secondary N) is 1. The molecular weight excluding hydrogens is 426 g/mol. The fourth-order valence-corrected chi connectivity index (χ4v) is 4.89.